The van der Waals surface area contributed by atoms with E-state index in [-0.39, 0.29) is 11.8 Å². The summed E-state index contributed by atoms with van der Waals surface area (Å²) in [5.41, 5.74) is 0.494. The van der Waals surface area contributed by atoms with Gasteiger partial charge in [-0.15, -0.1) is 0 Å². The minimum Gasteiger partial charge on any atom is -0.481 e. The van der Waals surface area contributed by atoms with Crippen molar-refractivity contribution >= 4 is 11.9 Å². The van der Waals surface area contributed by atoms with Crippen LogP contribution in [0.25, 0.3) is 0 Å². The Hall–Kier alpha value is -1.78. The highest BCUT2D eigenvalue weighted by Gasteiger charge is 2.11. The van der Waals surface area contributed by atoms with Gasteiger partial charge in [-0.1, -0.05) is 6.92 Å². The molecule has 0 saturated heterocycles. The molecule has 1 amide bonds. The summed E-state index contributed by atoms with van der Waals surface area (Å²) in [6.45, 7) is 3.90. The van der Waals surface area contributed by atoms with Crippen molar-refractivity contribution in [3.05, 3.63) is 23.7 Å². The van der Waals surface area contributed by atoms with Crippen LogP contribution in [-0.4, -0.2) is 23.5 Å². The van der Waals surface area contributed by atoms with E-state index in [4.69, 9.17) is 9.52 Å². The van der Waals surface area contributed by atoms with Gasteiger partial charge in [-0.25, -0.2) is 0 Å². The zero-order valence-corrected chi connectivity index (χ0v) is 10.0. The van der Waals surface area contributed by atoms with E-state index in [1.807, 2.05) is 0 Å². The molecule has 0 radical (unpaired) electrons. The number of nitrogens with one attached hydrogen (secondary N) is 1. The Bertz CT molecular complexity index is 397. The lowest BCUT2D eigenvalue weighted by Gasteiger charge is -2.06. The molecule has 17 heavy (non-hydrogen) atoms. The lowest BCUT2D eigenvalue weighted by Crippen LogP contribution is -2.24. The molecule has 5 nitrogen and oxygen atoms in total. The van der Waals surface area contributed by atoms with Gasteiger partial charge in [0, 0.05) is 6.54 Å². The first kappa shape index (κ1) is 13.3. The molecule has 1 aromatic heterocycles. The number of carbonyl (C=O) groups is 2. The molecule has 2 N–H and O–H groups in total. The summed E-state index contributed by atoms with van der Waals surface area (Å²) in [6.07, 6.45) is 2.61. The molecule has 1 aromatic rings. The second-order valence-electron chi connectivity index (χ2n) is 4.08. The molecule has 5 heteroatoms. The van der Waals surface area contributed by atoms with Crippen molar-refractivity contribution in [2.24, 2.45) is 5.92 Å². The highest BCUT2D eigenvalue weighted by molar-refractivity contribution is 5.93. The third-order valence-electron chi connectivity index (χ3n) is 2.51. The van der Waals surface area contributed by atoms with Crippen LogP contribution in [0, 0.1) is 12.8 Å². The minimum atomic E-state index is -0.804. The second kappa shape index (κ2) is 6.08. The molecule has 0 aliphatic heterocycles. The molecule has 0 saturated carbocycles. The zero-order valence-electron chi connectivity index (χ0n) is 10.0. The van der Waals surface area contributed by atoms with Crippen molar-refractivity contribution < 1.29 is 19.1 Å². The van der Waals surface area contributed by atoms with E-state index in [0.29, 0.717) is 30.7 Å². The lowest BCUT2D eigenvalue weighted by atomic mass is 10.1. The SMILES string of the molecule is Cc1cc(C(=O)NCCCC(C)C(=O)O)co1. The Labute approximate surface area is 99.8 Å². The maximum atomic E-state index is 11.5. The molecule has 0 aliphatic rings. The number of amides is 1. The van der Waals surface area contributed by atoms with Crippen LogP contribution in [0.5, 0.6) is 0 Å². The van der Waals surface area contributed by atoms with E-state index in [0.717, 1.165) is 0 Å². The van der Waals surface area contributed by atoms with Crippen LogP contribution in [0.1, 0.15) is 35.9 Å². The standard InChI is InChI=1S/C12H17NO4/c1-8(12(15)16)4-3-5-13-11(14)10-6-9(2)17-7-10/h6-8H,3-5H2,1-2H3,(H,13,14)(H,15,16). The quantitative estimate of drug-likeness (QED) is 0.742. The molecule has 0 aromatic carbocycles. The summed E-state index contributed by atoms with van der Waals surface area (Å²) in [6, 6.07) is 1.66. The van der Waals surface area contributed by atoms with Gasteiger partial charge in [-0.3, -0.25) is 9.59 Å². The number of hydrogen-bond donors (Lipinski definition) is 2. The molecule has 0 bridgehead atoms. The number of carboxylic acid groups (broad SMARTS) is 1. The van der Waals surface area contributed by atoms with E-state index in [1.165, 1.54) is 6.26 Å². The van der Waals surface area contributed by atoms with Crippen molar-refractivity contribution in [3.8, 4) is 0 Å². The smallest absolute Gasteiger partial charge is 0.306 e. The summed E-state index contributed by atoms with van der Waals surface area (Å²) < 4.78 is 5.02. The number of carboxylic acids is 1. The molecule has 0 spiro atoms. The van der Waals surface area contributed by atoms with E-state index < -0.39 is 5.97 Å². The van der Waals surface area contributed by atoms with Crippen LogP contribution >= 0.6 is 0 Å². The average Bonchev–Trinajstić information content (AvgIpc) is 2.70. The predicted molar refractivity (Wildman–Crippen MR) is 61.8 cm³/mol. The maximum Gasteiger partial charge on any atom is 0.306 e. The van der Waals surface area contributed by atoms with Crippen LogP contribution in [0.15, 0.2) is 16.7 Å². The van der Waals surface area contributed by atoms with Gasteiger partial charge in [0.05, 0.1) is 11.5 Å². The van der Waals surface area contributed by atoms with Gasteiger partial charge in [-0.2, -0.15) is 0 Å². The highest BCUT2D eigenvalue weighted by atomic mass is 16.4. The Morgan fingerprint density at radius 3 is 2.76 bits per heavy atom. The molecule has 1 heterocycles. The molecule has 0 fully saturated rings. The van der Waals surface area contributed by atoms with Gasteiger partial charge in [0.25, 0.3) is 5.91 Å². The number of aliphatic carboxylic acids is 1. The number of hydrogen-bond acceptors (Lipinski definition) is 3. The number of rotatable bonds is 6. The first-order valence-corrected chi connectivity index (χ1v) is 5.57. The minimum absolute atomic E-state index is 0.190. The van der Waals surface area contributed by atoms with E-state index in [9.17, 15) is 9.59 Å². The second-order valence-corrected chi connectivity index (χ2v) is 4.08. The summed E-state index contributed by atoms with van der Waals surface area (Å²) in [5.74, 6) is -0.677. The third-order valence-corrected chi connectivity index (χ3v) is 2.51. The van der Waals surface area contributed by atoms with Crippen LogP contribution in [0.4, 0.5) is 0 Å². The van der Waals surface area contributed by atoms with Crippen LogP contribution in [-0.2, 0) is 4.79 Å². The van der Waals surface area contributed by atoms with Crippen molar-refractivity contribution in [2.75, 3.05) is 6.54 Å². The molecule has 1 rings (SSSR count). The first-order chi connectivity index (χ1) is 8.00. The van der Waals surface area contributed by atoms with Crippen molar-refractivity contribution in [1.29, 1.82) is 0 Å². The first-order valence-electron chi connectivity index (χ1n) is 5.57. The van der Waals surface area contributed by atoms with E-state index in [2.05, 4.69) is 5.32 Å². The Balaban J connectivity index is 2.23. The van der Waals surface area contributed by atoms with Gasteiger partial charge in [0.1, 0.15) is 12.0 Å². The molecule has 0 aliphatic carbocycles. The maximum absolute atomic E-state index is 11.5. The molecule has 94 valence electrons. The molecule has 1 atom stereocenters. The van der Waals surface area contributed by atoms with Gasteiger partial charge in [0.2, 0.25) is 0 Å². The van der Waals surface area contributed by atoms with Crippen LogP contribution < -0.4 is 5.32 Å². The monoisotopic (exact) mass is 239 g/mol. The number of aryl methyl sites for hydroxylation is 1. The van der Waals surface area contributed by atoms with E-state index >= 15 is 0 Å². The summed E-state index contributed by atoms with van der Waals surface area (Å²) in [7, 11) is 0. The Kier molecular flexibility index (Phi) is 4.75. The van der Waals surface area contributed by atoms with Crippen LogP contribution in [0.2, 0.25) is 0 Å². The molecule has 1 unspecified atom stereocenters. The van der Waals surface area contributed by atoms with E-state index in [1.54, 1.807) is 19.9 Å². The summed E-state index contributed by atoms with van der Waals surface area (Å²) in [4.78, 5) is 22.1. The predicted octanol–water partition coefficient (Wildman–Crippen LogP) is 1.82. The van der Waals surface area contributed by atoms with Crippen LogP contribution in [0.3, 0.4) is 0 Å². The summed E-state index contributed by atoms with van der Waals surface area (Å²) >= 11 is 0. The van der Waals surface area contributed by atoms with Gasteiger partial charge >= 0.3 is 5.97 Å². The normalized spacial score (nSPS) is 12.1. The van der Waals surface area contributed by atoms with Gasteiger partial charge in [0.15, 0.2) is 0 Å². The van der Waals surface area contributed by atoms with Crippen molar-refractivity contribution in [1.82, 2.24) is 5.32 Å². The third kappa shape index (κ3) is 4.30. The fourth-order valence-electron chi connectivity index (χ4n) is 1.40. The largest absolute Gasteiger partial charge is 0.481 e. The fraction of sp³-hybridized carbons (Fsp3) is 0.500. The fourth-order valence-corrected chi connectivity index (χ4v) is 1.40. The Morgan fingerprint density at radius 1 is 1.53 bits per heavy atom. The van der Waals surface area contributed by atoms with Gasteiger partial charge in [-0.05, 0) is 25.8 Å². The Morgan fingerprint density at radius 2 is 2.24 bits per heavy atom. The lowest BCUT2D eigenvalue weighted by molar-refractivity contribution is -0.141. The average molecular weight is 239 g/mol. The summed E-state index contributed by atoms with van der Waals surface area (Å²) in [5, 5.41) is 11.4. The number of furan rings is 1. The van der Waals surface area contributed by atoms with Crippen molar-refractivity contribution in [2.45, 2.75) is 26.7 Å². The molecular weight excluding hydrogens is 222 g/mol. The number of carbonyl (C=O) groups excluding carboxylic acids is 1. The van der Waals surface area contributed by atoms with Crippen molar-refractivity contribution in [3.63, 3.8) is 0 Å². The molecular formula is C12H17NO4. The highest BCUT2D eigenvalue weighted by Crippen LogP contribution is 2.07. The topological polar surface area (TPSA) is 79.5 Å². The zero-order chi connectivity index (χ0) is 12.8. The van der Waals surface area contributed by atoms with Gasteiger partial charge < -0.3 is 14.8 Å².